The van der Waals surface area contributed by atoms with E-state index in [4.69, 9.17) is 4.74 Å². The molecule has 1 aliphatic rings. The lowest BCUT2D eigenvalue weighted by Crippen LogP contribution is -2.27. The first-order chi connectivity index (χ1) is 16.0. The van der Waals surface area contributed by atoms with Gasteiger partial charge in [-0.25, -0.2) is 0 Å². The minimum atomic E-state index is -0.363. The summed E-state index contributed by atoms with van der Waals surface area (Å²) < 4.78 is 6.58. The second-order valence-corrected chi connectivity index (χ2v) is 8.70. The van der Waals surface area contributed by atoms with Crippen LogP contribution in [0.2, 0.25) is 0 Å². The van der Waals surface area contributed by atoms with Gasteiger partial charge in [-0.3, -0.25) is 19.3 Å². The third-order valence-corrected chi connectivity index (χ3v) is 6.62. The summed E-state index contributed by atoms with van der Waals surface area (Å²) in [5.41, 5.74) is 2.54. The number of carbonyl (C=O) groups is 3. The Bertz CT molecular complexity index is 1450. The Hall–Kier alpha value is -3.84. The first kappa shape index (κ1) is 21.0. The number of thioether (sulfide) groups is 1. The number of amides is 2. The van der Waals surface area contributed by atoms with Gasteiger partial charge < -0.3 is 9.30 Å². The fraction of sp³-hybridized carbons (Fsp3) is 0.115. The van der Waals surface area contributed by atoms with Gasteiger partial charge in [-0.05, 0) is 40.2 Å². The molecule has 7 heteroatoms. The molecular weight excluding hydrogens is 436 g/mol. The summed E-state index contributed by atoms with van der Waals surface area (Å²) in [5, 5.41) is 2.68. The van der Waals surface area contributed by atoms with Gasteiger partial charge in [0.2, 0.25) is 0 Å². The number of esters is 1. The van der Waals surface area contributed by atoms with Crippen LogP contribution in [0.15, 0.2) is 77.8 Å². The maximum atomic E-state index is 13.2. The molecule has 3 aromatic carbocycles. The van der Waals surface area contributed by atoms with Crippen LogP contribution < -0.4 is 0 Å². The van der Waals surface area contributed by atoms with Crippen LogP contribution in [0.4, 0.5) is 4.79 Å². The van der Waals surface area contributed by atoms with Gasteiger partial charge in [0, 0.05) is 22.7 Å². The summed E-state index contributed by atoms with van der Waals surface area (Å²) in [4.78, 5) is 39.4. The summed E-state index contributed by atoms with van der Waals surface area (Å²) in [6, 6.07) is 21.4. The largest absolute Gasteiger partial charge is 0.468 e. The summed E-state index contributed by atoms with van der Waals surface area (Å²) >= 11 is 0.935. The molecule has 0 bridgehead atoms. The van der Waals surface area contributed by atoms with Crippen molar-refractivity contribution in [3.05, 3.63) is 89.0 Å². The lowest BCUT2D eigenvalue weighted by atomic mass is 10.0. The van der Waals surface area contributed by atoms with Crippen molar-refractivity contribution in [3.8, 4) is 0 Å². The third-order valence-electron chi connectivity index (χ3n) is 5.72. The van der Waals surface area contributed by atoms with Crippen LogP contribution in [0.25, 0.3) is 27.8 Å². The van der Waals surface area contributed by atoms with Gasteiger partial charge >= 0.3 is 5.97 Å². The summed E-state index contributed by atoms with van der Waals surface area (Å²) in [5.74, 6) is -0.680. The SMILES string of the molecule is COC(=O)Cn1cc(/C=C2/SC(=O)N(Cc3cccc4ccccc34)C2=O)c2ccccc21. The third kappa shape index (κ3) is 3.91. The molecule has 6 nitrogen and oxygen atoms in total. The summed E-state index contributed by atoms with van der Waals surface area (Å²) in [6.07, 6.45) is 3.53. The zero-order valence-corrected chi connectivity index (χ0v) is 18.7. The predicted octanol–water partition coefficient (Wildman–Crippen LogP) is 5.20. The molecule has 33 heavy (non-hydrogen) atoms. The Kier molecular flexibility index (Phi) is 5.48. The first-order valence-electron chi connectivity index (χ1n) is 10.4. The predicted molar refractivity (Wildman–Crippen MR) is 129 cm³/mol. The summed E-state index contributed by atoms with van der Waals surface area (Å²) in [6.45, 7) is 0.279. The molecule has 1 aliphatic heterocycles. The van der Waals surface area contributed by atoms with Crippen molar-refractivity contribution in [1.82, 2.24) is 9.47 Å². The van der Waals surface area contributed by atoms with Crippen molar-refractivity contribution in [2.24, 2.45) is 0 Å². The minimum absolute atomic E-state index is 0.0629. The molecule has 0 N–H and O–H groups in total. The Morgan fingerprint density at radius 2 is 1.70 bits per heavy atom. The van der Waals surface area contributed by atoms with E-state index in [9.17, 15) is 14.4 Å². The molecule has 2 heterocycles. The highest BCUT2D eigenvalue weighted by Gasteiger charge is 2.35. The first-order valence-corrected chi connectivity index (χ1v) is 11.2. The Labute approximate surface area is 194 Å². The number of ether oxygens (including phenoxy) is 1. The quantitative estimate of drug-likeness (QED) is 0.305. The standard InChI is InChI=1S/C26H20N2O4S/c1-32-24(29)16-27-14-19(21-11-4-5-12-22(21)27)13-23-25(30)28(26(31)33-23)15-18-9-6-8-17-7-2-3-10-20(17)18/h2-14H,15-16H2,1H3/b23-13+. The molecule has 164 valence electrons. The summed E-state index contributed by atoms with van der Waals surface area (Å²) in [7, 11) is 1.35. The van der Waals surface area contributed by atoms with E-state index >= 15 is 0 Å². The van der Waals surface area contributed by atoms with Crippen LogP contribution >= 0.6 is 11.8 Å². The lowest BCUT2D eigenvalue weighted by molar-refractivity contribution is -0.141. The van der Waals surface area contributed by atoms with Crippen molar-refractivity contribution in [2.75, 3.05) is 7.11 Å². The molecule has 0 aliphatic carbocycles. The van der Waals surface area contributed by atoms with E-state index in [1.807, 2.05) is 66.7 Å². The highest BCUT2D eigenvalue weighted by Crippen LogP contribution is 2.35. The van der Waals surface area contributed by atoms with Crippen LogP contribution in [0.1, 0.15) is 11.1 Å². The van der Waals surface area contributed by atoms with Crippen molar-refractivity contribution >= 4 is 56.6 Å². The maximum absolute atomic E-state index is 13.2. The van der Waals surface area contributed by atoms with E-state index in [-0.39, 0.29) is 30.2 Å². The average molecular weight is 457 g/mol. The number of imide groups is 1. The van der Waals surface area contributed by atoms with Crippen LogP contribution in [0.3, 0.4) is 0 Å². The highest BCUT2D eigenvalue weighted by molar-refractivity contribution is 8.18. The lowest BCUT2D eigenvalue weighted by Gasteiger charge is -2.14. The van der Waals surface area contributed by atoms with Gasteiger partial charge in [-0.15, -0.1) is 0 Å². The van der Waals surface area contributed by atoms with Crippen molar-refractivity contribution in [1.29, 1.82) is 0 Å². The number of methoxy groups -OCH3 is 1. The van der Waals surface area contributed by atoms with Gasteiger partial charge in [0.1, 0.15) is 6.54 Å². The van der Waals surface area contributed by atoms with E-state index in [1.165, 1.54) is 12.0 Å². The van der Waals surface area contributed by atoms with Gasteiger partial charge in [0.05, 0.1) is 18.6 Å². The normalized spacial score (nSPS) is 15.2. The number of hydrogen-bond acceptors (Lipinski definition) is 5. The Morgan fingerprint density at radius 3 is 2.52 bits per heavy atom. The topological polar surface area (TPSA) is 68.6 Å². The fourth-order valence-corrected chi connectivity index (χ4v) is 4.93. The average Bonchev–Trinajstić information content (AvgIpc) is 3.31. The molecule has 1 saturated heterocycles. The van der Waals surface area contributed by atoms with E-state index in [1.54, 1.807) is 16.8 Å². The highest BCUT2D eigenvalue weighted by atomic mass is 32.2. The van der Waals surface area contributed by atoms with E-state index in [0.29, 0.717) is 4.91 Å². The number of aromatic nitrogens is 1. The maximum Gasteiger partial charge on any atom is 0.325 e. The van der Waals surface area contributed by atoms with E-state index in [2.05, 4.69) is 0 Å². The second-order valence-electron chi connectivity index (χ2n) is 7.71. The van der Waals surface area contributed by atoms with Gasteiger partial charge in [-0.1, -0.05) is 60.7 Å². The number of para-hydroxylation sites is 1. The van der Waals surface area contributed by atoms with Crippen molar-refractivity contribution in [3.63, 3.8) is 0 Å². The van der Waals surface area contributed by atoms with Crippen molar-refractivity contribution < 1.29 is 19.1 Å². The van der Waals surface area contributed by atoms with E-state index in [0.717, 1.165) is 44.6 Å². The minimum Gasteiger partial charge on any atom is -0.468 e. The molecule has 0 unspecified atom stereocenters. The van der Waals surface area contributed by atoms with Crippen LogP contribution in [-0.2, 0) is 27.4 Å². The second kappa shape index (κ2) is 8.60. The Morgan fingerprint density at radius 1 is 0.970 bits per heavy atom. The molecular formula is C26H20N2O4S. The molecule has 0 saturated carbocycles. The van der Waals surface area contributed by atoms with Crippen LogP contribution in [0.5, 0.6) is 0 Å². The van der Waals surface area contributed by atoms with Gasteiger partial charge in [-0.2, -0.15) is 0 Å². The zero-order valence-electron chi connectivity index (χ0n) is 17.9. The zero-order chi connectivity index (χ0) is 22.9. The number of nitrogens with zero attached hydrogens (tertiary/aromatic N) is 2. The molecule has 5 rings (SSSR count). The van der Waals surface area contributed by atoms with Crippen LogP contribution in [0, 0.1) is 0 Å². The molecule has 2 amide bonds. The monoisotopic (exact) mass is 456 g/mol. The van der Waals surface area contributed by atoms with Crippen LogP contribution in [-0.4, -0.2) is 33.7 Å². The number of fused-ring (bicyclic) bond motifs is 2. The molecule has 1 fully saturated rings. The van der Waals surface area contributed by atoms with E-state index < -0.39 is 0 Å². The molecule has 0 radical (unpaired) electrons. The molecule has 0 atom stereocenters. The molecule has 4 aromatic rings. The Balaban J connectivity index is 1.47. The fourth-order valence-electron chi connectivity index (χ4n) is 4.10. The number of benzene rings is 3. The van der Waals surface area contributed by atoms with Gasteiger partial charge in [0.25, 0.3) is 11.1 Å². The van der Waals surface area contributed by atoms with Crippen molar-refractivity contribution in [2.45, 2.75) is 13.1 Å². The van der Waals surface area contributed by atoms with Gasteiger partial charge in [0.15, 0.2) is 0 Å². The number of rotatable bonds is 5. The smallest absolute Gasteiger partial charge is 0.325 e. The number of hydrogen-bond donors (Lipinski definition) is 0. The molecule has 0 spiro atoms. The molecule has 1 aromatic heterocycles. The number of carbonyl (C=O) groups excluding carboxylic acids is 3.